The number of aromatic nitrogens is 3. The summed E-state index contributed by atoms with van der Waals surface area (Å²) in [5.41, 5.74) is 5.38. The summed E-state index contributed by atoms with van der Waals surface area (Å²) in [6, 6.07) is 26.7. The molecular weight excluding hydrogens is 464 g/mol. The minimum Gasteiger partial charge on any atom is -0.493 e. The summed E-state index contributed by atoms with van der Waals surface area (Å²) in [4.78, 5) is 17.7. The van der Waals surface area contributed by atoms with Gasteiger partial charge in [0.2, 0.25) is 0 Å². The van der Waals surface area contributed by atoms with Crippen molar-refractivity contribution in [3.8, 4) is 28.4 Å². The average molecular weight is 491 g/mol. The maximum atomic E-state index is 13.6. The summed E-state index contributed by atoms with van der Waals surface area (Å²) < 4.78 is 13.2. The molecule has 1 N–H and O–H groups in total. The van der Waals surface area contributed by atoms with E-state index in [4.69, 9.17) is 14.6 Å². The molecule has 7 nitrogen and oxygen atoms in total. The third-order valence-corrected chi connectivity index (χ3v) is 5.92. The topological polar surface area (TPSA) is 78.3 Å². The van der Waals surface area contributed by atoms with Crippen LogP contribution in [0.3, 0.4) is 0 Å². The summed E-state index contributed by atoms with van der Waals surface area (Å²) >= 11 is 0. The van der Waals surface area contributed by atoms with Gasteiger partial charge in [-0.1, -0.05) is 48.5 Å². The molecule has 0 spiro atoms. The van der Waals surface area contributed by atoms with E-state index >= 15 is 0 Å². The Kier molecular flexibility index (Phi) is 6.94. The van der Waals surface area contributed by atoms with E-state index in [1.54, 1.807) is 48.6 Å². The van der Waals surface area contributed by atoms with Gasteiger partial charge >= 0.3 is 0 Å². The molecule has 0 unspecified atom stereocenters. The van der Waals surface area contributed by atoms with Crippen molar-refractivity contribution >= 4 is 11.6 Å². The van der Waals surface area contributed by atoms with Crippen LogP contribution < -0.4 is 14.8 Å². The fourth-order valence-electron chi connectivity index (χ4n) is 4.00. The van der Waals surface area contributed by atoms with Crippen molar-refractivity contribution in [1.82, 2.24) is 14.8 Å². The fourth-order valence-corrected chi connectivity index (χ4v) is 4.00. The Morgan fingerprint density at radius 1 is 0.946 bits per heavy atom. The van der Waals surface area contributed by atoms with Gasteiger partial charge in [0.15, 0.2) is 11.5 Å². The van der Waals surface area contributed by atoms with Crippen LogP contribution in [0.5, 0.6) is 11.5 Å². The van der Waals surface area contributed by atoms with Crippen LogP contribution in [0.15, 0.2) is 104 Å². The first kappa shape index (κ1) is 23.8. The van der Waals surface area contributed by atoms with Crippen molar-refractivity contribution in [3.63, 3.8) is 0 Å². The first-order chi connectivity index (χ1) is 18.1. The second kappa shape index (κ2) is 10.8. The molecule has 0 fully saturated rings. The van der Waals surface area contributed by atoms with E-state index in [0.717, 1.165) is 22.4 Å². The Bertz CT molecular complexity index is 1510. The number of anilines is 1. The van der Waals surface area contributed by atoms with Gasteiger partial charge < -0.3 is 14.8 Å². The third kappa shape index (κ3) is 5.36. The van der Waals surface area contributed by atoms with Gasteiger partial charge in [0.1, 0.15) is 12.3 Å². The van der Waals surface area contributed by atoms with Crippen LogP contribution in [0.4, 0.5) is 5.69 Å². The minimum absolute atomic E-state index is 0.274. The van der Waals surface area contributed by atoms with E-state index in [1.807, 2.05) is 73.7 Å². The van der Waals surface area contributed by atoms with E-state index < -0.39 is 0 Å². The molecule has 0 bridgehead atoms. The van der Waals surface area contributed by atoms with Crippen molar-refractivity contribution in [3.05, 3.63) is 120 Å². The smallest absolute Gasteiger partial charge is 0.259 e. The number of amides is 1. The van der Waals surface area contributed by atoms with Crippen LogP contribution in [-0.4, -0.2) is 27.8 Å². The molecule has 5 rings (SSSR count). The standard InChI is InChI=1S/C30H26N4O3/c1-21-9-6-7-13-25(21)29-26(19-34(33-29)24-11-4-3-5-12-24)30(35)32-23-14-15-27(36-2)28(17-23)37-20-22-10-8-16-31-18-22/h3-19H,20H2,1-2H3,(H,32,35). The lowest BCUT2D eigenvalue weighted by atomic mass is 10.0. The number of aryl methyl sites for hydroxylation is 1. The van der Waals surface area contributed by atoms with Crippen LogP contribution in [0.25, 0.3) is 16.9 Å². The molecular formula is C30H26N4O3. The number of carbonyl (C=O) groups excluding carboxylic acids is 1. The van der Waals surface area contributed by atoms with E-state index in [-0.39, 0.29) is 5.91 Å². The van der Waals surface area contributed by atoms with Crippen molar-refractivity contribution < 1.29 is 14.3 Å². The lowest BCUT2D eigenvalue weighted by molar-refractivity contribution is 0.102. The number of benzene rings is 3. The Hall–Kier alpha value is -4.91. The van der Waals surface area contributed by atoms with Gasteiger partial charge in [-0.25, -0.2) is 4.68 Å². The molecule has 0 saturated heterocycles. The number of ether oxygens (including phenoxy) is 2. The molecule has 0 aliphatic heterocycles. The maximum absolute atomic E-state index is 13.6. The zero-order valence-electron chi connectivity index (χ0n) is 20.6. The van der Waals surface area contributed by atoms with E-state index in [9.17, 15) is 4.79 Å². The number of para-hydroxylation sites is 1. The molecule has 37 heavy (non-hydrogen) atoms. The van der Waals surface area contributed by atoms with E-state index in [1.165, 1.54) is 0 Å². The van der Waals surface area contributed by atoms with Gasteiger partial charge in [-0.15, -0.1) is 0 Å². The normalized spacial score (nSPS) is 10.6. The zero-order valence-corrected chi connectivity index (χ0v) is 20.6. The molecule has 1 amide bonds. The van der Waals surface area contributed by atoms with Gasteiger partial charge in [0.05, 0.1) is 18.4 Å². The van der Waals surface area contributed by atoms with Crippen molar-refractivity contribution in [2.45, 2.75) is 13.5 Å². The van der Waals surface area contributed by atoms with Gasteiger partial charge in [-0.3, -0.25) is 9.78 Å². The molecule has 5 aromatic rings. The molecule has 0 radical (unpaired) electrons. The van der Waals surface area contributed by atoms with Crippen molar-refractivity contribution in [2.75, 3.05) is 12.4 Å². The lowest BCUT2D eigenvalue weighted by Crippen LogP contribution is -2.12. The van der Waals surface area contributed by atoms with Gasteiger partial charge in [-0.2, -0.15) is 5.10 Å². The lowest BCUT2D eigenvalue weighted by Gasteiger charge is -2.13. The minimum atomic E-state index is -0.274. The van der Waals surface area contributed by atoms with Gasteiger partial charge in [-0.05, 0) is 42.8 Å². The highest BCUT2D eigenvalue weighted by molar-refractivity contribution is 6.08. The molecule has 7 heteroatoms. The predicted molar refractivity (Wildman–Crippen MR) is 143 cm³/mol. The van der Waals surface area contributed by atoms with Crippen molar-refractivity contribution in [1.29, 1.82) is 0 Å². The number of hydrogen-bond donors (Lipinski definition) is 1. The summed E-state index contributed by atoms with van der Waals surface area (Å²) in [5, 5.41) is 7.79. The third-order valence-electron chi connectivity index (χ3n) is 5.92. The number of nitrogens with one attached hydrogen (secondary N) is 1. The number of rotatable bonds is 8. The largest absolute Gasteiger partial charge is 0.493 e. The summed E-state index contributed by atoms with van der Waals surface area (Å²) in [7, 11) is 1.58. The number of methoxy groups -OCH3 is 1. The molecule has 3 aromatic carbocycles. The summed E-state index contributed by atoms with van der Waals surface area (Å²) in [6.45, 7) is 2.33. The highest BCUT2D eigenvalue weighted by atomic mass is 16.5. The van der Waals surface area contributed by atoms with Gasteiger partial charge in [0, 0.05) is 41.5 Å². The number of pyridine rings is 1. The first-order valence-corrected chi connectivity index (χ1v) is 11.8. The van der Waals surface area contributed by atoms with Crippen molar-refractivity contribution in [2.24, 2.45) is 0 Å². The fraction of sp³-hybridized carbons (Fsp3) is 0.100. The molecule has 184 valence electrons. The monoisotopic (exact) mass is 490 g/mol. The summed E-state index contributed by atoms with van der Waals surface area (Å²) in [5.74, 6) is 0.812. The maximum Gasteiger partial charge on any atom is 0.259 e. The van der Waals surface area contributed by atoms with E-state index in [2.05, 4.69) is 10.3 Å². The second-order valence-corrected chi connectivity index (χ2v) is 8.46. The Balaban J connectivity index is 1.45. The molecule has 0 aliphatic rings. The Morgan fingerprint density at radius 3 is 2.51 bits per heavy atom. The average Bonchev–Trinajstić information content (AvgIpc) is 3.39. The van der Waals surface area contributed by atoms with Crippen LogP contribution in [0, 0.1) is 6.92 Å². The molecule has 2 heterocycles. The molecule has 0 atom stereocenters. The van der Waals surface area contributed by atoms with Crippen LogP contribution in [0.2, 0.25) is 0 Å². The Morgan fingerprint density at radius 2 is 1.76 bits per heavy atom. The highest BCUT2D eigenvalue weighted by Gasteiger charge is 2.20. The highest BCUT2D eigenvalue weighted by Crippen LogP contribution is 2.32. The summed E-state index contributed by atoms with van der Waals surface area (Å²) in [6.07, 6.45) is 5.22. The molecule has 2 aromatic heterocycles. The van der Waals surface area contributed by atoms with E-state index in [0.29, 0.717) is 35.1 Å². The Labute approximate surface area is 215 Å². The van der Waals surface area contributed by atoms with Crippen LogP contribution in [0.1, 0.15) is 21.5 Å². The molecule has 0 saturated carbocycles. The second-order valence-electron chi connectivity index (χ2n) is 8.46. The number of hydrogen-bond acceptors (Lipinski definition) is 5. The van der Waals surface area contributed by atoms with Crippen LogP contribution >= 0.6 is 0 Å². The van der Waals surface area contributed by atoms with Crippen LogP contribution in [-0.2, 0) is 6.61 Å². The molecule has 0 aliphatic carbocycles. The SMILES string of the molecule is COc1ccc(NC(=O)c2cn(-c3ccccc3)nc2-c2ccccc2C)cc1OCc1cccnc1. The predicted octanol–water partition coefficient (Wildman–Crippen LogP) is 6.08. The van der Waals surface area contributed by atoms with Gasteiger partial charge in [0.25, 0.3) is 5.91 Å². The number of nitrogens with zero attached hydrogens (tertiary/aromatic N) is 3. The first-order valence-electron chi connectivity index (χ1n) is 11.8. The number of carbonyl (C=O) groups is 1. The zero-order chi connectivity index (χ0) is 25.6. The quantitative estimate of drug-likeness (QED) is 0.285.